The number of ether oxygens (including phenoxy) is 2. The smallest absolute Gasteiger partial charge is 0.338 e. The predicted octanol–water partition coefficient (Wildman–Crippen LogP) is 2.35. The predicted molar refractivity (Wildman–Crippen MR) is 94.6 cm³/mol. The third-order valence-corrected chi connectivity index (χ3v) is 3.79. The highest BCUT2D eigenvalue weighted by molar-refractivity contribution is 9.10. The minimum Gasteiger partial charge on any atom is -0.496 e. The zero-order chi connectivity index (χ0) is 18.4. The number of amides is 2. The summed E-state index contributed by atoms with van der Waals surface area (Å²) in [5.41, 5.74) is 6.20. The van der Waals surface area contributed by atoms with Gasteiger partial charge in [0, 0.05) is 11.3 Å². The fraction of sp³-hybridized carbons (Fsp3) is 0.118. The van der Waals surface area contributed by atoms with Crippen LogP contribution in [0.25, 0.3) is 0 Å². The number of primary amides is 1. The molecule has 0 saturated heterocycles. The molecule has 0 aliphatic rings. The van der Waals surface area contributed by atoms with E-state index in [0.717, 1.165) is 0 Å². The summed E-state index contributed by atoms with van der Waals surface area (Å²) < 4.78 is 10.6. The van der Waals surface area contributed by atoms with E-state index in [4.69, 9.17) is 15.2 Å². The van der Waals surface area contributed by atoms with Crippen LogP contribution in [0.1, 0.15) is 20.7 Å². The molecular weight excluding hydrogens is 392 g/mol. The van der Waals surface area contributed by atoms with E-state index in [1.807, 2.05) is 0 Å². The van der Waals surface area contributed by atoms with Crippen molar-refractivity contribution < 1.29 is 23.9 Å². The highest BCUT2D eigenvalue weighted by Crippen LogP contribution is 2.25. The summed E-state index contributed by atoms with van der Waals surface area (Å²) in [5, 5.41) is 2.55. The van der Waals surface area contributed by atoms with E-state index < -0.39 is 24.4 Å². The zero-order valence-corrected chi connectivity index (χ0v) is 14.8. The average molecular weight is 407 g/mol. The topological polar surface area (TPSA) is 108 Å². The number of halogens is 1. The van der Waals surface area contributed by atoms with E-state index in [-0.39, 0.29) is 5.56 Å². The molecule has 2 aromatic carbocycles. The Hall–Kier alpha value is -2.87. The third-order valence-electron chi connectivity index (χ3n) is 3.18. The molecule has 0 aliphatic heterocycles. The standard InChI is InChI=1S/C17H15BrN2O5/c1-24-14-7-4-11(8-13(14)18)17(23)25-9-15(21)20-12-5-2-10(3-6-12)16(19)22/h2-8H,9H2,1H3,(H2,19,22)(H,20,21). The van der Waals surface area contributed by atoms with Crippen LogP contribution in [-0.4, -0.2) is 31.5 Å². The van der Waals surface area contributed by atoms with Gasteiger partial charge in [-0.1, -0.05) is 0 Å². The van der Waals surface area contributed by atoms with Crippen molar-refractivity contribution in [1.29, 1.82) is 0 Å². The van der Waals surface area contributed by atoms with Gasteiger partial charge >= 0.3 is 5.97 Å². The maximum absolute atomic E-state index is 12.0. The van der Waals surface area contributed by atoms with Crippen molar-refractivity contribution in [3.05, 3.63) is 58.1 Å². The van der Waals surface area contributed by atoms with Crippen molar-refractivity contribution in [2.24, 2.45) is 5.73 Å². The quantitative estimate of drug-likeness (QED) is 0.715. The van der Waals surface area contributed by atoms with E-state index in [1.54, 1.807) is 12.1 Å². The highest BCUT2D eigenvalue weighted by atomic mass is 79.9. The summed E-state index contributed by atoms with van der Waals surface area (Å²) in [4.78, 5) is 34.8. The Labute approximate surface area is 152 Å². The van der Waals surface area contributed by atoms with E-state index >= 15 is 0 Å². The summed E-state index contributed by atoms with van der Waals surface area (Å²) in [6, 6.07) is 10.7. The molecule has 7 nitrogen and oxygen atoms in total. The Morgan fingerprint density at radius 3 is 2.28 bits per heavy atom. The summed E-state index contributed by atoms with van der Waals surface area (Å²) in [5.74, 6) is -1.12. The summed E-state index contributed by atoms with van der Waals surface area (Å²) in [6.07, 6.45) is 0. The second-order valence-electron chi connectivity index (χ2n) is 4.92. The van der Waals surface area contributed by atoms with Crippen LogP contribution in [0.15, 0.2) is 46.9 Å². The molecule has 2 aromatic rings. The molecule has 0 atom stereocenters. The normalized spacial score (nSPS) is 10.0. The average Bonchev–Trinajstić information content (AvgIpc) is 2.60. The number of hydrogen-bond donors (Lipinski definition) is 2. The van der Waals surface area contributed by atoms with Gasteiger partial charge in [-0.05, 0) is 58.4 Å². The van der Waals surface area contributed by atoms with E-state index in [0.29, 0.717) is 21.5 Å². The molecule has 8 heteroatoms. The van der Waals surface area contributed by atoms with Crippen molar-refractivity contribution in [2.75, 3.05) is 19.0 Å². The molecule has 3 N–H and O–H groups in total. The van der Waals surface area contributed by atoms with Crippen LogP contribution >= 0.6 is 15.9 Å². The molecule has 2 amide bonds. The van der Waals surface area contributed by atoms with Gasteiger partial charge in [0.2, 0.25) is 5.91 Å². The van der Waals surface area contributed by atoms with Gasteiger partial charge in [0.1, 0.15) is 5.75 Å². The van der Waals surface area contributed by atoms with Gasteiger partial charge in [0.15, 0.2) is 6.61 Å². The minimum atomic E-state index is -0.637. The van der Waals surface area contributed by atoms with Crippen LogP contribution < -0.4 is 15.8 Å². The van der Waals surface area contributed by atoms with Crippen LogP contribution in [-0.2, 0) is 9.53 Å². The summed E-state index contributed by atoms with van der Waals surface area (Å²) in [6.45, 7) is -0.444. The number of rotatable bonds is 6. The lowest BCUT2D eigenvalue weighted by Gasteiger charge is -2.08. The van der Waals surface area contributed by atoms with Crippen LogP contribution in [0, 0.1) is 0 Å². The Bertz CT molecular complexity index is 805. The molecule has 0 radical (unpaired) electrons. The van der Waals surface area contributed by atoms with Crippen molar-refractivity contribution in [2.45, 2.75) is 0 Å². The first-order valence-corrected chi connectivity index (χ1v) is 7.90. The lowest BCUT2D eigenvalue weighted by molar-refractivity contribution is -0.119. The van der Waals surface area contributed by atoms with Crippen molar-refractivity contribution >= 4 is 39.4 Å². The Morgan fingerprint density at radius 1 is 1.08 bits per heavy atom. The van der Waals surface area contributed by atoms with Crippen LogP contribution in [0.4, 0.5) is 5.69 Å². The lowest BCUT2D eigenvalue weighted by atomic mass is 10.2. The van der Waals surface area contributed by atoms with Gasteiger partial charge in [-0.15, -0.1) is 0 Å². The molecule has 0 fully saturated rings. The lowest BCUT2D eigenvalue weighted by Crippen LogP contribution is -2.21. The SMILES string of the molecule is COc1ccc(C(=O)OCC(=O)Nc2ccc(C(N)=O)cc2)cc1Br. The van der Waals surface area contributed by atoms with Crippen molar-refractivity contribution in [3.63, 3.8) is 0 Å². The molecule has 130 valence electrons. The maximum atomic E-state index is 12.0. The fourth-order valence-corrected chi connectivity index (χ4v) is 2.46. The number of hydrogen-bond acceptors (Lipinski definition) is 5. The Kier molecular flexibility index (Phi) is 6.13. The third kappa shape index (κ3) is 5.05. The second-order valence-corrected chi connectivity index (χ2v) is 5.77. The van der Waals surface area contributed by atoms with Gasteiger partial charge in [-0.3, -0.25) is 9.59 Å². The van der Waals surface area contributed by atoms with Gasteiger partial charge in [-0.25, -0.2) is 4.79 Å². The van der Waals surface area contributed by atoms with Crippen molar-refractivity contribution in [1.82, 2.24) is 0 Å². The molecule has 0 aliphatic carbocycles. The molecule has 0 bridgehead atoms. The first-order chi connectivity index (χ1) is 11.9. The summed E-state index contributed by atoms with van der Waals surface area (Å²) in [7, 11) is 1.51. The maximum Gasteiger partial charge on any atom is 0.338 e. The molecular formula is C17H15BrN2O5. The van der Waals surface area contributed by atoms with Gasteiger partial charge < -0.3 is 20.5 Å². The number of benzene rings is 2. The van der Waals surface area contributed by atoms with E-state index in [2.05, 4.69) is 21.2 Å². The molecule has 2 rings (SSSR count). The molecule has 0 heterocycles. The number of anilines is 1. The number of nitrogens with one attached hydrogen (secondary N) is 1. The number of esters is 1. The first kappa shape index (κ1) is 18.5. The molecule has 0 aromatic heterocycles. The number of carbonyl (C=O) groups is 3. The molecule has 0 saturated carbocycles. The largest absolute Gasteiger partial charge is 0.496 e. The van der Waals surface area contributed by atoms with Crippen LogP contribution in [0.2, 0.25) is 0 Å². The van der Waals surface area contributed by atoms with E-state index in [1.165, 1.54) is 37.4 Å². The van der Waals surface area contributed by atoms with Crippen LogP contribution in [0.5, 0.6) is 5.75 Å². The van der Waals surface area contributed by atoms with Gasteiger partial charge in [-0.2, -0.15) is 0 Å². The number of methoxy groups -OCH3 is 1. The molecule has 0 unspecified atom stereocenters. The highest BCUT2D eigenvalue weighted by Gasteiger charge is 2.12. The zero-order valence-electron chi connectivity index (χ0n) is 13.2. The monoisotopic (exact) mass is 406 g/mol. The van der Waals surface area contributed by atoms with Gasteiger partial charge in [0.05, 0.1) is 17.1 Å². The Balaban J connectivity index is 1.89. The van der Waals surface area contributed by atoms with E-state index in [9.17, 15) is 14.4 Å². The number of nitrogens with two attached hydrogens (primary N) is 1. The van der Waals surface area contributed by atoms with Gasteiger partial charge in [0.25, 0.3) is 5.91 Å². The first-order valence-electron chi connectivity index (χ1n) is 7.11. The number of carbonyl (C=O) groups excluding carboxylic acids is 3. The van der Waals surface area contributed by atoms with Crippen LogP contribution in [0.3, 0.4) is 0 Å². The second kappa shape index (κ2) is 8.29. The Morgan fingerprint density at radius 2 is 1.72 bits per heavy atom. The fourth-order valence-electron chi connectivity index (χ4n) is 1.92. The van der Waals surface area contributed by atoms with Crippen molar-refractivity contribution in [3.8, 4) is 5.75 Å². The molecule has 25 heavy (non-hydrogen) atoms. The summed E-state index contributed by atoms with van der Waals surface area (Å²) >= 11 is 3.27. The molecule has 0 spiro atoms. The minimum absolute atomic E-state index is 0.284.